The monoisotopic (exact) mass is 310 g/mol. The summed E-state index contributed by atoms with van der Waals surface area (Å²) in [5, 5.41) is 0. The predicted molar refractivity (Wildman–Crippen MR) is 78.9 cm³/mol. The maximum atomic E-state index is 12.0. The minimum absolute atomic E-state index is 0. The quantitative estimate of drug-likeness (QED) is 0.799. The van der Waals surface area contributed by atoms with Gasteiger partial charge in [0.25, 0.3) is 0 Å². The fourth-order valence-corrected chi connectivity index (χ4v) is 1.84. The molecule has 0 amide bonds. The predicted octanol–water partition coefficient (Wildman–Crippen LogP) is 2.82. The summed E-state index contributed by atoms with van der Waals surface area (Å²) in [6.45, 7) is 6.38. The first-order valence-electron chi connectivity index (χ1n) is 5.95. The highest BCUT2D eigenvalue weighted by atomic mass is 79.9. The molecule has 0 atom stereocenters. The van der Waals surface area contributed by atoms with E-state index in [1.165, 1.54) is 5.56 Å². The van der Waals surface area contributed by atoms with E-state index in [1.807, 2.05) is 48.5 Å². The Hall–Kier alpha value is -1.29. The highest BCUT2D eigenvalue weighted by Gasteiger charge is 2.14. The molecular formula is C14H19BrN2O. The maximum absolute atomic E-state index is 12.0. The van der Waals surface area contributed by atoms with Crippen LogP contribution in [0.4, 0.5) is 0 Å². The lowest BCUT2D eigenvalue weighted by Gasteiger charge is -2.19. The standard InChI is InChI=1S/C14H18N2O.BrH/c1-3-15-8-9-16(11-15)10-14(17)13-6-4-12(2)5-7-13;/h4-9H,3,10-11H2,1-2H3;1H. The summed E-state index contributed by atoms with van der Waals surface area (Å²) in [5.41, 5.74) is 1.97. The van der Waals surface area contributed by atoms with Gasteiger partial charge in [0.15, 0.2) is 5.78 Å². The summed E-state index contributed by atoms with van der Waals surface area (Å²) < 4.78 is 0. The van der Waals surface area contributed by atoms with E-state index >= 15 is 0 Å². The van der Waals surface area contributed by atoms with Gasteiger partial charge in [-0.3, -0.25) is 4.79 Å². The van der Waals surface area contributed by atoms with Crippen molar-refractivity contribution >= 4 is 22.8 Å². The largest absolute Gasteiger partial charge is 0.359 e. The van der Waals surface area contributed by atoms with Gasteiger partial charge in [-0.05, 0) is 13.8 Å². The zero-order valence-corrected chi connectivity index (χ0v) is 12.5. The van der Waals surface area contributed by atoms with Gasteiger partial charge in [-0.1, -0.05) is 29.8 Å². The van der Waals surface area contributed by atoms with Crippen molar-refractivity contribution in [1.82, 2.24) is 9.80 Å². The van der Waals surface area contributed by atoms with Crippen LogP contribution in [0, 0.1) is 6.92 Å². The number of hydrogen-bond acceptors (Lipinski definition) is 3. The number of rotatable bonds is 4. The van der Waals surface area contributed by atoms with Crippen LogP contribution in [0.3, 0.4) is 0 Å². The second-order valence-corrected chi connectivity index (χ2v) is 4.38. The first-order valence-corrected chi connectivity index (χ1v) is 5.95. The minimum atomic E-state index is 0. The van der Waals surface area contributed by atoms with Crippen molar-refractivity contribution in [1.29, 1.82) is 0 Å². The molecule has 0 spiro atoms. The molecule has 0 radical (unpaired) electrons. The normalized spacial score (nSPS) is 13.7. The topological polar surface area (TPSA) is 23.6 Å². The Morgan fingerprint density at radius 1 is 1.17 bits per heavy atom. The first-order chi connectivity index (χ1) is 8.19. The fourth-order valence-electron chi connectivity index (χ4n) is 1.84. The average molecular weight is 311 g/mol. The Labute approximate surface area is 119 Å². The van der Waals surface area contributed by atoms with Crippen LogP contribution in [-0.2, 0) is 0 Å². The summed E-state index contributed by atoms with van der Waals surface area (Å²) in [5.74, 6) is 0.174. The van der Waals surface area contributed by atoms with Gasteiger partial charge in [0.1, 0.15) is 0 Å². The lowest BCUT2D eigenvalue weighted by atomic mass is 10.1. The van der Waals surface area contributed by atoms with Gasteiger partial charge in [-0.25, -0.2) is 0 Å². The number of hydrogen-bond donors (Lipinski definition) is 0. The van der Waals surface area contributed by atoms with Crippen LogP contribution in [0.2, 0.25) is 0 Å². The van der Waals surface area contributed by atoms with Gasteiger partial charge in [0.05, 0.1) is 13.2 Å². The first kappa shape index (κ1) is 14.8. The van der Waals surface area contributed by atoms with Crippen LogP contribution in [0.1, 0.15) is 22.8 Å². The minimum Gasteiger partial charge on any atom is -0.359 e. The zero-order valence-electron chi connectivity index (χ0n) is 10.8. The second-order valence-electron chi connectivity index (χ2n) is 4.38. The van der Waals surface area contributed by atoms with Crippen LogP contribution in [-0.4, -0.2) is 35.3 Å². The maximum Gasteiger partial charge on any atom is 0.182 e. The molecule has 0 unspecified atom stereocenters. The van der Waals surface area contributed by atoms with Gasteiger partial charge in [0, 0.05) is 24.5 Å². The molecule has 2 rings (SSSR count). The number of nitrogens with zero attached hydrogens (tertiary/aromatic N) is 2. The van der Waals surface area contributed by atoms with E-state index in [2.05, 4.69) is 11.8 Å². The molecule has 0 saturated heterocycles. The molecule has 98 valence electrons. The van der Waals surface area contributed by atoms with E-state index in [1.54, 1.807) is 0 Å². The van der Waals surface area contributed by atoms with Crippen LogP contribution in [0.5, 0.6) is 0 Å². The number of ketones is 1. The smallest absolute Gasteiger partial charge is 0.182 e. The molecule has 0 N–H and O–H groups in total. The molecule has 0 fully saturated rings. The Balaban J connectivity index is 0.00000162. The van der Waals surface area contributed by atoms with Crippen molar-refractivity contribution in [2.45, 2.75) is 13.8 Å². The summed E-state index contributed by atoms with van der Waals surface area (Å²) >= 11 is 0. The third kappa shape index (κ3) is 3.60. The number of benzene rings is 1. The average Bonchev–Trinajstić information content (AvgIpc) is 2.77. The molecular weight excluding hydrogens is 292 g/mol. The van der Waals surface area contributed by atoms with E-state index in [-0.39, 0.29) is 22.8 Å². The van der Waals surface area contributed by atoms with E-state index in [0.717, 1.165) is 18.8 Å². The van der Waals surface area contributed by atoms with Gasteiger partial charge < -0.3 is 9.80 Å². The van der Waals surface area contributed by atoms with Crippen molar-refractivity contribution in [3.63, 3.8) is 0 Å². The fraction of sp³-hybridized carbons (Fsp3) is 0.357. The van der Waals surface area contributed by atoms with Crippen LogP contribution in [0.15, 0.2) is 36.7 Å². The van der Waals surface area contributed by atoms with Crippen molar-refractivity contribution in [3.05, 3.63) is 47.8 Å². The van der Waals surface area contributed by atoms with E-state index in [9.17, 15) is 4.79 Å². The molecule has 3 nitrogen and oxygen atoms in total. The SMILES string of the molecule is Br.CCN1C=CN(CC(=O)c2ccc(C)cc2)C1. The number of Topliss-reactive ketones (excluding diaryl/α,β-unsaturated/α-hetero) is 1. The number of carbonyl (C=O) groups is 1. The molecule has 0 aliphatic carbocycles. The van der Waals surface area contributed by atoms with Gasteiger partial charge in [-0.2, -0.15) is 0 Å². The molecule has 1 aliphatic rings. The summed E-state index contributed by atoms with van der Waals surface area (Å²) in [4.78, 5) is 16.2. The molecule has 1 heterocycles. The third-order valence-corrected chi connectivity index (χ3v) is 2.98. The molecule has 4 heteroatoms. The number of halogens is 1. The molecule has 0 aromatic heterocycles. The molecule has 1 aromatic rings. The van der Waals surface area contributed by atoms with Crippen LogP contribution in [0.25, 0.3) is 0 Å². The van der Waals surface area contributed by atoms with Gasteiger partial charge in [-0.15, -0.1) is 17.0 Å². The van der Waals surface area contributed by atoms with Gasteiger partial charge >= 0.3 is 0 Å². The van der Waals surface area contributed by atoms with Crippen molar-refractivity contribution < 1.29 is 4.79 Å². The van der Waals surface area contributed by atoms with E-state index in [0.29, 0.717) is 6.54 Å². The summed E-state index contributed by atoms with van der Waals surface area (Å²) in [6, 6.07) is 7.75. The molecule has 1 aliphatic heterocycles. The van der Waals surface area contributed by atoms with Crippen molar-refractivity contribution in [3.8, 4) is 0 Å². The Kier molecular flexibility index (Phi) is 5.41. The molecule has 0 bridgehead atoms. The highest BCUT2D eigenvalue weighted by molar-refractivity contribution is 8.93. The summed E-state index contributed by atoms with van der Waals surface area (Å²) in [7, 11) is 0. The molecule has 0 saturated carbocycles. The second kappa shape index (κ2) is 6.59. The number of aryl methyl sites for hydroxylation is 1. The van der Waals surface area contributed by atoms with Gasteiger partial charge in [0.2, 0.25) is 0 Å². The van der Waals surface area contributed by atoms with Crippen molar-refractivity contribution in [2.75, 3.05) is 19.8 Å². The lowest BCUT2D eigenvalue weighted by Crippen LogP contribution is -2.29. The number of carbonyl (C=O) groups excluding carboxylic acids is 1. The van der Waals surface area contributed by atoms with E-state index in [4.69, 9.17) is 0 Å². The third-order valence-electron chi connectivity index (χ3n) is 2.98. The Bertz CT molecular complexity index is 428. The summed E-state index contributed by atoms with van der Waals surface area (Å²) in [6.07, 6.45) is 4.01. The highest BCUT2D eigenvalue weighted by Crippen LogP contribution is 2.09. The molecule has 1 aromatic carbocycles. The van der Waals surface area contributed by atoms with Crippen molar-refractivity contribution in [2.24, 2.45) is 0 Å². The Morgan fingerprint density at radius 3 is 2.33 bits per heavy atom. The van der Waals surface area contributed by atoms with Crippen LogP contribution >= 0.6 is 17.0 Å². The zero-order chi connectivity index (χ0) is 12.3. The Morgan fingerprint density at radius 2 is 1.78 bits per heavy atom. The molecule has 18 heavy (non-hydrogen) atoms. The lowest BCUT2D eigenvalue weighted by molar-refractivity contribution is 0.0946. The van der Waals surface area contributed by atoms with Crippen LogP contribution < -0.4 is 0 Å². The van der Waals surface area contributed by atoms with E-state index < -0.39 is 0 Å².